The molecule has 0 fully saturated rings. The standard InChI is InChI=1S/C13H17NO2/c1-3-8-14-10(2)13-9-15-11-6-4-5-7-12(11)16-13/h3-7,10,13-14H,1,8-9H2,2H3/t10-,13-/m0/s1. The third-order valence-electron chi connectivity index (χ3n) is 2.67. The van der Waals surface area contributed by atoms with Gasteiger partial charge in [0.05, 0.1) is 0 Å². The predicted octanol–water partition coefficient (Wildman–Crippen LogP) is 1.99. The second-order valence-electron chi connectivity index (χ2n) is 3.90. The molecule has 0 bridgehead atoms. The first kappa shape index (κ1) is 11.0. The zero-order valence-corrected chi connectivity index (χ0v) is 9.48. The number of fused-ring (bicyclic) bond motifs is 1. The Balaban J connectivity index is 1.99. The van der Waals surface area contributed by atoms with E-state index in [2.05, 4.69) is 18.8 Å². The van der Waals surface area contributed by atoms with E-state index in [1.54, 1.807) is 0 Å². The zero-order chi connectivity index (χ0) is 11.4. The summed E-state index contributed by atoms with van der Waals surface area (Å²) in [7, 11) is 0. The van der Waals surface area contributed by atoms with Crippen molar-refractivity contribution >= 4 is 0 Å². The van der Waals surface area contributed by atoms with Gasteiger partial charge in [0.1, 0.15) is 12.7 Å². The lowest BCUT2D eigenvalue weighted by atomic mass is 10.1. The van der Waals surface area contributed by atoms with E-state index < -0.39 is 0 Å². The fourth-order valence-electron chi connectivity index (χ4n) is 1.68. The molecule has 3 nitrogen and oxygen atoms in total. The topological polar surface area (TPSA) is 30.5 Å². The average Bonchev–Trinajstić information content (AvgIpc) is 2.35. The van der Waals surface area contributed by atoms with E-state index in [1.807, 2.05) is 30.3 Å². The van der Waals surface area contributed by atoms with Crippen LogP contribution >= 0.6 is 0 Å². The molecule has 0 aromatic heterocycles. The van der Waals surface area contributed by atoms with Gasteiger partial charge < -0.3 is 14.8 Å². The van der Waals surface area contributed by atoms with Crippen LogP contribution in [-0.4, -0.2) is 25.3 Å². The van der Waals surface area contributed by atoms with E-state index in [9.17, 15) is 0 Å². The van der Waals surface area contributed by atoms with Crippen LogP contribution in [0.1, 0.15) is 6.92 Å². The first-order valence-corrected chi connectivity index (χ1v) is 5.54. The third kappa shape index (κ3) is 2.36. The van der Waals surface area contributed by atoms with Crippen molar-refractivity contribution < 1.29 is 9.47 Å². The average molecular weight is 219 g/mol. The summed E-state index contributed by atoms with van der Waals surface area (Å²) in [5, 5.41) is 3.31. The van der Waals surface area contributed by atoms with Gasteiger partial charge in [0.15, 0.2) is 11.5 Å². The lowest BCUT2D eigenvalue weighted by Crippen LogP contribution is -2.46. The maximum absolute atomic E-state index is 5.87. The second kappa shape index (κ2) is 5.03. The normalized spacial score (nSPS) is 20.2. The van der Waals surface area contributed by atoms with Crippen LogP contribution in [0.15, 0.2) is 36.9 Å². The Morgan fingerprint density at radius 2 is 2.25 bits per heavy atom. The quantitative estimate of drug-likeness (QED) is 0.786. The summed E-state index contributed by atoms with van der Waals surface area (Å²) in [5.74, 6) is 1.65. The van der Waals surface area contributed by atoms with Crippen LogP contribution in [0.2, 0.25) is 0 Å². The minimum Gasteiger partial charge on any atom is -0.486 e. The van der Waals surface area contributed by atoms with Gasteiger partial charge in [-0.25, -0.2) is 0 Å². The Labute approximate surface area is 96.1 Å². The van der Waals surface area contributed by atoms with Gasteiger partial charge in [-0.3, -0.25) is 0 Å². The van der Waals surface area contributed by atoms with Crippen molar-refractivity contribution in [3.05, 3.63) is 36.9 Å². The van der Waals surface area contributed by atoms with Crippen molar-refractivity contribution in [1.29, 1.82) is 0 Å². The Bertz CT molecular complexity index is 365. The summed E-state index contributed by atoms with van der Waals surface area (Å²) in [6, 6.07) is 8.00. The molecule has 0 saturated heterocycles. The monoisotopic (exact) mass is 219 g/mol. The number of rotatable bonds is 4. The van der Waals surface area contributed by atoms with Gasteiger partial charge in [0, 0.05) is 12.6 Å². The number of nitrogens with one attached hydrogen (secondary N) is 1. The molecule has 1 aliphatic heterocycles. The molecule has 0 spiro atoms. The Morgan fingerprint density at radius 3 is 3.00 bits per heavy atom. The van der Waals surface area contributed by atoms with Crippen LogP contribution in [-0.2, 0) is 0 Å². The summed E-state index contributed by atoms with van der Waals surface area (Å²) in [6.45, 7) is 7.13. The highest BCUT2D eigenvalue weighted by atomic mass is 16.6. The number of para-hydroxylation sites is 2. The SMILES string of the molecule is C=CCN[C@@H](C)[C@@H]1COc2ccccc2O1. The molecule has 1 aromatic rings. The first-order chi connectivity index (χ1) is 7.81. The van der Waals surface area contributed by atoms with Gasteiger partial charge in [-0.1, -0.05) is 18.2 Å². The maximum Gasteiger partial charge on any atom is 0.161 e. The molecule has 0 aliphatic carbocycles. The number of ether oxygens (including phenoxy) is 2. The Morgan fingerprint density at radius 1 is 1.50 bits per heavy atom. The Kier molecular flexibility index (Phi) is 3.47. The van der Waals surface area contributed by atoms with Crippen LogP contribution in [0.25, 0.3) is 0 Å². The van der Waals surface area contributed by atoms with Crippen LogP contribution in [0, 0.1) is 0 Å². The number of hydrogen-bond acceptors (Lipinski definition) is 3. The molecule has 2 atom stereocenters. The zero-order valence-electron chi connectivity index (χ0n) is 9.48. The van der Waals surface area contributed by atoms with Crippen LogP contribution < -0.4 is 14.8 Å². The smallest absolute Gasteiger partial charge is 0.161 e. The lowest BCUT2D eigenvalue weighted by Gasteiger charge is -2.30. The van der Waals surface area contributed by atoms with Crippen LogP contribution in [0.4, 0.5) is 0 Å². The highest BCUT2D eigenvalue weighted by Crippen LogP contribution is 2.31. The fraction of sp³-hybridized carbons (Fsp3) is 0.385. The molecular formula is C13H17NO2. The van der Waals surface area contributed by atoms with Crippen molar-refractivity contribution in [2.45, 2.75) is 19.1 Å². The molecular weight excluding hydrogens is 202 g/mol. The van der Waals surface area contributed by atoms with E-state index in [1.165, 1.54) is 0 Å². The summed E-state index contributed by atoms with van der Waals surface area (Å²) in [5.41, 5.74) is 0. The van der Waals surface area contributed by atoms with Gasteiger partial charge in [0.25, 0.3) is 0 Å². The second-order valence-corrected chi connectivity index (χ2v) is 3.90. The molecule has 16 heavy (non-hydrogen) atoms. The first-order valence-electron chi connectivity index (χ1n) is 5.54. The molecule has 0 saturated carbocycles. The van der Waals surface area contributed by atoms with Gasteiger partial charge >= 0.3 is 0 Å². The minimum atomic E-state index is 0.0508. The molecule has 0 amide bonds. The highest BCUT2D eigenvalue weighted by molar-refractivity contribution is 5.40. The van der Waals surface area contributed by atoms with Gasteiger partial charge in [0.2, 0.25) is 0 Å². The van der Waals surface area contributed by atoms with E-state index >= 15 is 0 Å². The van der Waals surface area contributed by atoms with Crippen molar-refractivity contribution in [3.8, 4) is 11.5 Å². The largest absolute Gasteiger partial charge is 0.486 e. The van der Waals surface area contributed by atoms with E-state index in [4.69, 9.17) is 9.47 Å². The van der Waals surface area contributed by atoms with Crippen LogP contribution in [0.5, 0.6) is 11.5 Å². The Hall–Kier alpha value is -1.48. The summed E-state index contributed by atoms with van der Waals surface area (Å²) in [4.78, 5) is 0. The summed E-state index contributed by atoms with van der Waals surface area (Å²) >= 11 is 0. The minimum absolute atomic E-state index is 0.0508. The van der Waals surface area contributed by atoms with Crippen molar-refractivity contribution in [2.75, 3.05) is 13.2 Å². The van der Waals surface area contributed by atoms with Gasteiger partial charge in [-0.2, -0.15) is 0 Å². The molecule has 1 N–H and O–H groups in total. The van der Waals surface area contributed by atoms with Crippen LogP contribution in [0.3, 0.4) is 0 Å². The molecule has 1 heterocycles. The molecule has 1 aromatic carbocycles. The highest BCUT2D eigenvalue weighted by Gasteiger charge is 2.25. The molecule has 86 valence electrons. The predicted molar refractivity (Wildman–Crippen MR) is 64.0 cm³/mol. The van der Waals surface area contributed by atoms with E-state index in [0.717, 1.165) is 18.0 Å². The third-order valence-corrected chi connectivity index (χ3v) is 2.67. The lowest BCUT2D eigenvalue weighted by molar-refractivity contribution is 0.0677. The molecule has 2 rings (SSSR count). The maximum atomic E-state index is 5.87. The van der Waals surface area contributed by atoms with Crippen molar-refractivity contribution in [1.82, 2.24) is 5.32 Å². The van der Waals surface area contributed by atoms with E-state index in [0.29, 0.717) is 6.61 Å². The fourth-order valence-corrected chi connectivity index (χ4v) is 1.68. The van der Waals surface area contributed by atoms with Gasteiger partial charge in [-0.15, -0.1) is 6.58 Å². The molecule has 0 radical (unpaired) electrons. The summed E-state index contributed by atoms with van der Waals surface area (Å²) in [6.07, 6.45) is 1.89. The molecule has 3 heteroatoms. The number of benzene rings is 1. The molecule has 1 aliphatic rings. The van der Waals surface area contributed by atoms with Crippen molar-refractivity contribution in [3.63, 3.8) is 0 Å². The van der Waals surface area contributed by atoms with E-state index in [-0.39, 0.29) is 12.1 Å². The van der Waals surface area contributed by atoms with Gasteiger partial charge in [-0.05, 0) is 19.1 Å². The summed E-state index contributed by atoms with van der Waals surface area (Å²) < 4.78 is 11.5. The van der Waals surface area contributed by atoms with Crippen molar-refractivity contribution in [2.24, 2.45) is 0 Å². The number of hydrogen-bond donors (Lipinski definition) is 1. The molecule has 0 unspecified atom stereocenters.